The third kappa shape index (κ3) is 3.47. The zero-order valence-corrected chi connectivity index (χ0v) is 15.0. The standard InChI is InChI=1S/C20H29N3O2/c24-19(21-10-5-13-22-11-3-4-12-22)23-14-8-20(9-15-23)16-25-18-7-2-1-6-17(18)20/h1-2,6-7H,3-5,8-16H2,(H,21,24). The second-order valence-corrected chi connectivity index (χ2v) is 7.69. The fourth-order valence-corrected chi connectivity index (χ4v) is 4.49. The van der Waals surface area contributed by atoms with Gasteiger partial charge in [0.25, 0.3) is 0 Å². The highest BCUT2D eigenvalue weighted by Gasteiger charge is 2.43. The SMILES string of the molecule is O=C(NCCCN1CCCC1)N1CCC2(CC1)COc1ccccc12. The van der Waals surface area contributed by atoms with Gasteiger partial charge in [0.05, 0.1) is 6.61 Å². The lowest BCUT2D eigenvalue weighted by Gasteiger charge is -2.38. The zero-order valence-electron chi connectivity index (χ0n) is 15.0. The molecule has 2 saturated heterocycles. The van der Waals surface area contributed by atoms with Gasteiger partial charge in [-0.3, -0.25) is 0 Å². The number of fused-ring (bicyclic) bond motifs is 2. The molecular weight excluding hydrogens is 314 g/mol. The number of nitrogens with zero attached hydrogens (tertiary/aromatic N) is 2. The molecule has 4 rings (SSSR count). The second kappa shape index (κ2) is 7.24. The van der Waals surface area contributed by atoms with Crippen molar-refractivity contribution in [2.24, 2.45) is 0 Å². The van der Waals surface area contributed by atoms with E-state index in [0.717, 1.165) is 57.8 Å². The van der Waals surface area contributed by atoms with Gasteiger partial charge >= 0.3 is 6.03 Å². The zero-order chi connectivity index (χ0) is 17.1. The number of hydrogen-bond donors (Lipinski definition) is 1. The summed E-state index contributed by atoms with van der Waals surface area (Å²) in [5.41, 5.74) is 1.45. The smallest absolute Gasteiger partial charge is 0.317 e. The number of carbonyl (C=O) groups is 1. The maximum atomic E-state index is 12.4. The monoisotopic (exact) mass is 343 g/mol. The number of hydrogen-bond acceptors (Lipinski definition) is 3. The summed E-state index contributed by atoms with van der Waals surface area (Å²) in [4.78, 5) is 16.9. The summed E-state index contributed by atoms with van der Waals surface area (Å²) < 4.78 is 5.89. The molecule has 1 N–H and O–H groups in total. The fraction of sp³-hybridized carbons (Fsp3) is 0.650. The number of carbonyl (C=O) groups excluding carboxylic acids is 1. The van der Waals surface area contributed by atoms with Crippen molar-refractivity contribution >= 4 is 6.03 Å². The van der Waals surface area contributed by atoms with E-state index in [1.807, 2.05) is 11.0 Å². The molecule has 3 aliphatic heterocycles. The number of urea groups is 1. The first-order chi connectivity index (χ1) is 12.3. The second-order valence-electron chi connectivity index (χ2n) is 7.69. The van der Waals surface area contributed by atoms with E-state index in [1.54, 1.807) is 0 Å². The molecule has 0 aliphatic carbocycles. The highest BCUT2D eigenvalue weighted by atomic mass is 16.5. The van der Waals surface area contributed by atoms with Crippen LogP contribution in [0.15, 0.2) is 24.3 Å². The van der Waals surface area contributed by atoms with Gasteiger partial charge in [-0.25, -0.2) is 4.79 Å². The van der Waals surface area contributed by atoms with Crippen LogP contribution in [-0.2, 0) is 5.41 Å². The van der Waals surface area contributed by atoms with Crippen molar-refractivity contribution in [2.45, 2.75) is 37.5 Å². The lowest BCUT2D eigenvalue weighted by atomic mass is 9.74. The van der Waals surface area contributed by atoms with Crippen LogP contribution in [0.2, 0.25) is 0 Å². The normalized spacial score (nSPS) is 22.0. The van der Waals surface area contributed by atoms with Gasteiger partial charge in [0.15, 0.2) is 0 Å². The lowest BCUT2D eigenvalue weighted by molar-refractivity contribution is 0.141. The van der Waals surface area contributed by atoms with Crippen molar-refractivity contribution in [3.8, 4) is 5.75 Å². The van der Waals surface area contributed by atoms with E-state index in [-0.39, 0.29) is 11.4 Å². The number of amides is 2. The number of benzene rings is 1. The van der Waals surface area contributed by atoms with Crippen LogP contribution in [0, 0.1) is 0 Å². The van der Waals surface area contributed by atoms with Crippen molar-refractivity contribution in [1.82, 2.24) is 15.1 Å². The summed E-state index contributed by atoms with van der Waals surface area (Å²) in [6, 6.07) is 8.47. The van der Waals surface area contributed by atoms with Crippen LogP contribution in [0.1, 0.15) is 37.7 Å². The first-order valence-corrected chi connectivity index (χ1v) is 9.74. The van der Waals surface area contributed by atoms with Crippen LogP contribution in [0.25, 0.3) is 0 Å². The third-order valence-corrected chi connectivity index (χ3v) is 6.10. The molecule has 5 nitrogen and oxygen atoms in total. The summed E-state index contributed by atoms with van der Waals surface area (Å²) in [5.74, 6) is 1.03. The first-order valence-electron chi connectivity index (χ1n) is 9.74. The van der Waals surface area contributed by atoms with E-state index in [0.29, 0.717) is 0 Å². The molecule has 1 aromatic carbocycles. The van der Waals surface area contributed by atoms with Crippen molar-refractivity contribution < 1.29 is 9.53 Å². The fourth-order valence-electron chi connectivity index (χ4n) is 4.49. The van der Waals surface area contributed by atoms with Crippen LogP contribution in [-0.4, -0.2) is 61.7 Å². The predicted molar refractivity (Wildman–Crippen MR) is 98.1 cm³/mol. The van der Waals surface area contributed by atoms with Crippen LogP contribution >= 0.6 is 0 Å². The summed E-state index contributed by atoms with van der Waals surface area (Å²) in [6.45, 7) is 6.74. The Hall–Kier alpha value is -1.75. The molecule has 2 amide bonds. The summed E-state index contributed by atoms with van der Waals surface area (Å²) in [5, 5.41) is 3.10. The molecule has 0 bridgehead atoms. The van der Waals surface area contributed by atoms with E-state index in [9.17, 15) is 4.79 Å². The maximum Gasteiger partial charge on any atom is 0.317 e. The Labute approximate surface area is 150 Å². The van der Waals surface area contributed by atoms with Crippen molar-refractivity contribution in [2.75, 3.05) is 45.9 Å². The highest BCUT2D eigenvalue weighted by molar-refractivity contribution is 5.74. The van der Waals surface area contributed by atoms with Crippen LogP contribution in [0.3, 0.4) is 0 Å². The molecule has 0 aromatic heterocycles. The number of piperidine rings is 1. The summed E-state index contributed by atoms with van der Waals surface area (Å²) in [6.07, 6.45) is 5.69. The largest absolute Gasteiger partial charge is 0.492 e. The van der Waals surface area contributed by atoms with E-state index >= 15 is 0 Å². The number of ether oxygens (including phenoxy) is 1. The Morgan fingerprint density at radius 3 is 2.68 bits per heavy atom. The number of para-hydroxylation sites is 1. The van der Waals surface area contributed by atoms with Gasteiger partial charge in [-0.1, -0.05) is 18.2 Å². The number of nitrogens with one attached hydrogen (secondary N) is 1. The lowest BCUT2D eigenvalue weighted by Crippen LogP contribution is -2.49. The Balaban J connectivity index is 1.23. The third-order valence-electron chi connectivity index (χ3n) is 6.10. The first kappa shape index (κ1) is 16.7. The highest BCUT2D eigenvalue weighted by Crippen LogP contribution is 2.45. The molecular formula is C20H29N3O2. The molecule has 1 aromatic rings. The molecule has 3 heterocycles. The van der Waals surface area contributed by atoms with Crippen LogP contribution in [0.4, 0.5) is 4.79 Å². The van der Waals surface area contributed by atoms with Gasteiger partial charge in [-0.05, 0) is 57.8 Å². The minimum Gasteiger partial charge on any atom is -0.492 e. The van der Waals surface area contributed by atoms with Crippen molar-refractivity contribution in [1.29, 1.82) is 0 Å². The van der Waals surface area contributed by atoms with E-state index in [2.05, 4.69) is 28.4 Å². The van der Waals surface area contributed by atoms with E-state index in [1.165, 1.54) is 31.5 Å². The minimum absolute atomic E-state index is 0.100. The van der Waals surface area contributed by atoms with Crippen LogP contribution in [0.5, 0.6) is 5.75 Å². The molecule has 136 valence electrons. The van der Waals surface area contributed by atoms with Crippen LogP contribution < -0.4 is 10.1 Å². The Bertz CT molecular complexity index is 605. The Morgan fingerprint density at radius 2 is 1.88 bits per heavy atom. The van der Waals surface area contributed by atoms with Gasteiger partial charge in [-0.2, -0.15) is 0 Å². The van der Waals surface area contributed by atoms with Crippen molar-refractivity contribution in [3.05, 3.63) is 29.8 Å². The Morgan fingerprint density at radius 1 is 1.12 bits per heavy atom. The average molecular weight is 343 g/mol. The molecule has 0 unspecified atom stereocenters. The molecule has 0 saturated carbocycles. The average Bonchev–Trinajstić information content (AvgIpc) is 3.29. The quantitative estimate of drug-likeness (QED) is 0.855. The Kier molecular flexibility index (Phi) is 4.84. The van der Waals surface area contributed by atoms with Gasteiger partial charge in [0.2, 0.25) is 0 Å². The molecule has 3 aliphatic rings. The molecule has 2 fully saturated rings. The maximum absolute atomic E-state index is 12.4. The van der Waals surface area contributed by atoms with Gasteiger partial charge in [0.1, 0.15) is 5.75 Å². The predicted octanol–water partition coefficient (Wildman–Crippen LogP) is 2.61. The summed E-state index contributed by atoms with van der Waals surface area (Å²) >= 11 is 0. The number of rotatable bonds is 4. The van der Waals surface area contributed by atoms with Crippen molar-refractivity contribution in [3.63, 3.8) is 0 Å². The van der Waals surface area contributed by atoms with Gasteiger partial charge in [0, 0.05) is 30.6 Å². The molecule has 5 heteroatoms. The summed E-state index contributed by atoms with van der Waals surface area (Å²) in [7, 11) is 0. The minimum atomic E-state index is 0.100. The van der Waals surface area contributed by atoms with Gasteiger partial charge < -0.3 is 19.9 Å². The van der Waals surface area contributed by atoms with E-state index < -0.39 is 0 Å². The topological polar surface area (TPSA) is 44.8 Å². The van der Waals surface area contributed by atoms with E-state index in [4.69, 9.17) is 4.74 Å². The molecule has 0 radical (unpaired) electrons. The van der Waals surface area contributed by atoms with Gasteiger partial charge in [-0.15, -0.1) is 0 Å². The number of likely N-dealkylation sites (tertiary alicyclic amines) is 2. The molecule has 0 atom stereocenters. The molecule has 25 heavy (non-hydrogen) atoms. The molecule has 1 spiro atoms.